The molecule has 35 heavy (non-hydrogen) atoms. The predicted molar refractivity (Wildman–Crippen MR) is 121 cm³/mol. The summed E-state index contributed by atoms with van der Waals surface area (Å²) in [4.78, 5) is 21.1. The van der Waals surface area contributed by atoms with E-state index in [9.17, 15) is 18.0 Å². The summed E-state index contributed by atoms with van der Waals surface area (Å²) >= 11 is 0. The first-order valence-electron chi connectivity index (χ1n) is 10.8. The molecule has 0 atom stereocenters. The fourth-order valence-electron chi connectivity index (χ4n) is 4.44. The molecule has 1 aliphatic rings. The first-order chi connectivity index (χ1) is 16.8. The fourth-order valence-corrected chi connectivity index (χ4v) is 4.44. The number of nitrogen functional groups attached to an aromatic ring is 1. The lowest BCUT2D eigenvalue weighted by molar-refractivity contribution is -0.138. The van der Waals surface area contributed by atoms with Gasteiger partial charge in [0.2, 0.25) is 5.91 Å². The van der Waals surface area contributed by atoms with Crippen molar-refractivity contribution in [1.29, 1.82) is 0 Å². The highest BCUT2D eigenvalue weighted by atomic mass is 19.4. The molecule has 0 radical (unpaired) electrons. The molecule has 3 aromatic heterocycles. The summed E-state index contributed by atoms with van der Waals surface area (Å²) in [5.74, 6) is -0.0364. The van der Waals surface area contributed by atoms with Crippen molar-refractivity contribution in [2.45, 2.75) is 31.9 Å². The third-order valence-electron chi connectivity index (χ3n) is 5.95. The van der Waals surface area contributed by atoms with Crippen molar-refractivity contribution in [1.82, 2.24) is 24.7 Å². The summed E-state index contributed by atoms with van der Waals surface area (Å²) < 4.78 is 46.2. The van der Waals surface area contributed by atoms with Crippen LogP contribution < -0.4 is 15.8 Å². The lowest BCUT2D eigenvalue weighted by Gasteiger charge is -2.15. The van der Waals surface area contributed by atoms with Gasteiger partial charge < -0.3 is 20.4 Å². The van der Waals surface area contributed by atoms with Crippen molar-refractivity contribution >= 4 is 28.6 Å². The van der Waals surface area contributed by atoms with Crippen LogP contribution >= 0.6 is 0 Å². The number of aryl methyl sites for hydroxylation is 1. The second kappa shape index (κ2) is 8.53. The molecule has 3 N–H and O–H groups in total. The lowest BCUT2D eigenvalue weighted by atomic mass is 10.1. The monoisotopic (exact) mass is 483 g/mol. The van der Waals surface area contributed by atoms with E-state index in [1.807, 2.05) is 10.6 Å². The molecule has 12 heteroatoms. The largest absolute Gasteiger partial charge is 0.496 e. The van der Waals surface area contributed by atoms with E-state index >= 15 is 0 Å². The minimum absolute atomic E-state index is 0.142. The van der Waals surface area contributed by atoms with Crippen molar-refractivity contribution < 1.29 is 22.7 Å². The number of nitrogens with zero attached hydrogens (tertiary/aromatic N) is 5. The molecule has 1 aromatic carbocycles. The maximum Gasteiger partial charge on any atom is 0.418 e. The van der Waals surface area contributed by atoms with Crippen molar-refractivity contribution in [3.8, 4) is 11.4 Å². The summed E-state index contributed by atoms with van der Waals surface area (Å²) in [6, 6.07) is 6.09. The quantitative estimate of drug-likeness (QED) is 0.446. The first-order valence-corrected chi connectivity index (χ1v) is 10.8. The number of hydrogen-bond donors (Lipinski definition) is 2. The standard InChI is InChI=1S/C23H20F3N7O2/c1-35-17-9-14(33-16-4-2-3-15(16)20-21(33)22(27)29-11-28-20)6-5-12(17)7-19(34)31-18-8-13(10-30-32-18)23(24,25)26/h5-6,8-11H,2-4,7H2,1H3,(H2,27,28,29)(H,31,32,34). The molecule has 180 valence electrons. The van der Waals surface area contributed by atoms with Crippen LogP contribution in [0.1, 0.15) is 28.8 Å². The molecule has 1 amide bonds. The van der Waals surface area contributed by atoms with Crippen LogP contribution in [0.5, 0.6) is 5.75 Å². The second-order valence-corrected chi connectivity index (χ2v) is 8.12. The molecule has 0 aliphatic heterocycles. The number of carbonyl (C=O) groups excluding carboxylic acids is 1. The molecule has 0 bridgehead atoms. The number of nitrogens with one attached hydrogen (secondary N) is 1. The number of carbonyl (C=O) groups is 1. The molecule has 5 rings (SSSR count). The van der Waals surface area contributed by atoms with Gasteiger partial charge in [0.15, 0.2) is 11.6 Å². The zero-order valence-corrected chi connectivity index (χ0v) is 18.6. The Morgan fingerprint density at radius 3 is 2.83 bits per heavy atom. The Kier molecular flexibility index (Phi) is 5.50. The Hall–Kier alpha value is -4.22. The van der Waals surface area contributed by atoms with E-state index in [1.165, 1.54) is 13.4 Å². The third-order valence-corrected chi connectivity index (χ3v) is 5.95. The highest BCUT2D eigenvalue weighted by Crippen LogP contribution is 2.37. The number of nitrogens with two attached hydrogens (primary N) is 1. The Bertz CT molecular complexity index is 1450. The van der Waals surface area contributed by atoms with Crippen LogP contribution in [0, 0.1) is 0 Å². The van der Waals surface area contributed by atoms with Crippen molar-refractivity contribution in [3.63, 3.8) is 0 Å². The van der Waals surface area contributed by atoms with Gasteiger partial charge in [-0.3, -0.25) is 4.79 Å². The normalized spacial score (nSPS) is 13.1. The predicted octanol–water partition coefficient (Wildman–Crippen LogP) is 3.49. The van der Waals surface area contributed by atoms with Gasteiger partial charge in [-0.2, -0.15) is 18.3 Å². The second-order valence-electron chi connectivity index (χ2n) is 8.12. The van der Waals surface area contributed by atoms with Crippen molar-refractivity contribution in [2.24, 2.45) is 0 Å². The third kappa shape index (κ3) is 4.11. The fraction of sp³-hybridized carbons (Fsp3) is 0.261. The zero-order chi connectivity index (χ0) is 24.7. The summed E-state index contributed by atoms with van der Waals surface area (Å²) in [5, 5.41) is 9.22. The van der Waals surface area contributed by atoms with Crippen LogP contribution in [0.2, 0.25) is 0 Å². The molecule has 0 spiro atoms. The van der Waals surface area contributed by atoms with Crippen molar-refractivity contribution in [3.05, 3.63) is 59.2 Å². The number of fused-ring (bicyclic) bond motifs is 3. The minimum Gasteiger partial charge on any atom is -0.496 e. The molecular weight excluding hydrogens is 463 g/mol. The number of methoxy groups -OCH3 is 1. The minimum atomic E-state index is -4.59. The van der Waals surface area contributed by atoms with E-state index in [0.717, 1.165) is 53.3 Å². The van der Waals surface area contributed by atoms with E-state index in [0.29, 0.717) is 23.3 Å². The number of aromatic nitrogens is 5. The molecule has 0 fully saturated rings. The number of hydrogen-bond acceptors (Lipinski definition) is 7. The van der Waals surface area contributed by atoms with Gasteiger partial charge in [-0.05, 0) is 37.0 Å². The van der Waals surface area contributed by atoms with Crippen LogP contribution in [-0.2, 0) is 30.2 Å². The molecule has 4 aromatic rings. The SMILES string of the molecule is COc1cc(-n2c3c(c4ncnc(N)c42)CCC3)ccc1CC(=O)Nc1cc(C(F)(F)F)cnn1. The maximum atomic E-state index is 12.9. The van der Waals surface area contributed by atoms with Crippen LogP contribution in [-0.4, -0.2) is 37.7 Å². The summed E-state index contributed by atoms with van der Waals surface area (Å²) in [6.45, 7) is 0. The van der Waals surface area contributed by atoms with Crippen LogP contribution in [0.4, 0.5) is 24.8 Å². The topological polar surface area (TPSA) is 121 Å². The Morgan fingerprint density at radius 1 is 1.23 bits per heavy atom. The van der Waals surface area contributed by atoms with Gasteiger partial charge in [-0.15, -0.1) is 5.10 Å². The Balaban J connectivity index is 1.44. The molecular formula is C23H20F3N7O2. The van der Waals surface area contributed by atoms with Crippen LogP contribution in [0.3, 0.4) is 0 Å². The van der Waals surface area contributed by atoms with Gasteiger partial charge in [0.1, 0.15) is 17.6 Å². The molecule has 0 unspecified atom stereocenters. The van der Waals surface area contributed by atoms with Crippen LogP contribution in [0.15, 0.2) is 36.8 Å². The van der Waals surface area contributed by atoms with Crippen LogP contribution in [0.25, 0.3) is 16.7 Å². The highest BCUT2D eigenvalue weighted by Gasteiger charge is 2.31. The number of benzene rings is 1. The van der Waals surface area contributed by atoms with Gasteiger partial charge in [0.25, 0.3) is 0 Å². The smallest absolute Gasteiger partial charge is 0.418 e. The maximum absolute atomic E-state index is 12.9. The average molecular weight is 483 g/mol. The number of alkyl halides is 3. The van der Waals surface area contributed by atoms with Gasteiger partial charge in [-0.25, -0.2) is 9.97 Å². The molecule has 0 saturated carbocycles. The van der Waals surface area contributed by atoms with Gasteiger partial charge in [-0.1, -0.05) is 6.07 Å². The number of ether oxygens (including phenoxy) is 1. The molecule has 9 nitrogen and oxygen atoms in total. The Morgan fingerprint density at radius 2 is 2.06 bits per heavy atom. The summed E-state index contributed by atoms with van der Waals surface area (Å²) in [5.41, 5.74) is 10.3. The summed E-state index contributed by atoms with van der Waals surface area (Å²) in [6.07, 6.45) is 0.106. The van der Waals surface area contributed by atoms with Crippen molar-refractivity contribution in [2.75, 3.05) is 18.2 Å². The van der Waals surface area contributed by atoms with E-state index in [2.05, 4.69) is 25.5 Å². The Labute approximate surface area is 197 Å². The molecule has 3 heterocycles. The first kappa shape index (κ1) is 22.6. The molecule has 0 saturated heterocycles. The van der Waals surface area contributed by atoms with E-state index in [4.69, 9.17) is 10.5 Å². The lowest BCUT2D eigenvalue weighted by Crippen LogP contribution is -2.17. The van der Waals surface area contributed by atoms with Gasteiger partial charge in [0.05, 0.1) is 30.8 Å². The van der Waals surface area contributed by atoms with E-state index < -0.39 is 17.6 Å². The zero-order valence-electron chi connectivity index (χ0n) is 18.6. The molecule has 1 aliphatic carbocycles. The summed E-state index contributed by atoms with van der Waals surface area (Å²) in [7, 11) is 1.48. The number of halogens is 3. The van der Waals surface area contributed by atoms with E-state index in [1.54, 1.807) is 12.1 Å². The highest BCUT2D eigenvalue weighted by molar-refractivity contribution is 5.93. The van der Waals surface area contributed by atoms with E-state index in [-0.39, 0.29) is 12.2 Å². The average Bonchev–Trinajstić information content (AvgIpc) is 3.41. The number of anilines is 2. The van der Waals surface area contributed by atoms with Gasteiger partial charge in [0, 0.05) is 23.0 Å². The number of rotatable bonds is 5. The number of amides is 1. The van der Waals surface area contributed by atoms with Gasteiger partial charge >= 0.3 is 6.18 Å².